The Balaban J connectivity index is 2.48. The van der Waals surface area contributed by atoms with Crippen LogP contribution >= 0.6 is 0 Å². The zero-order valence-corrected chi connectivity index (χ0v) is 12.0. The van der Waals surface area contributed by atoms with Crippen LogP contribution in [-0.2, 0) is 4.43 Å². The zero-order valence-electron chi connectivity index (χ0n) is 11.0. The maximum atomic E-state index is 6.37. The molecule has 0 aromatic rings. The summed E-state index contributed by atoms with van der Waals surface area (Å²) in [5.74, 6) is 0. The molecule has 0 atom stereocenters. The van der Waals surface area contributed by atoms with E-state index >= 15 is 0 Å². The Bertz CT molecular complexity index is 202. The van der Waals surface area contributed by atoms with E-state index in [4.69, 9.17) is 10.2 Å². The SMILES string of the molecule is CC(C)(C)[Si](C)(C)OC1CCC(N)CC1. The molecule has 0 aromatic heterocycles. The van der Waals surface area contributed by atoms with Gasteiger partial charge in [-0.3, -0.25) is 0 Å². The van der Waals surface area contributed by atoms with Crippen LogP contribution in [0, 0.1) is 0 Å². The van der Waals surface area contributed by atoms with Gasteiger partial charge in [0.2, 0.25) is 0 Å². The highest BCUT2D eigenvalue weighted by Crippen LogP contribution is 2.38. The lowest BCUT2D eigenvalue weighted by Gasteiger charge is -2.41. The third kappa shape index (κ3) is 3.57. The van der Waals surface area contributed by atoms with Crippen molar-refractivity contribution in [3.63, 3.8) is 0 Å². The lowest BCUT2D eigenvalue weighted by molar-refractivity contribution is 0.131. The summed E-state index contributed by atoms with van der Waals surface area (Å²) < 4.78 is 6.37. The molecule has 0 bridgehead atoms. The van der Waals surface area contributed by atoms with Gasteiger partial charge in [-0.15, -0.1) is 0 Å². The van der Waals surface area contributed by atoms with Crippen molar-refractivity contribution >= 4 is 8.32 Å². The maximum Gasteiger partial charge on any atom is 0.192 e. The maximum absolute atomic E-state index is 6.37. The van der Waals surface area contributed by atoms with Gasteiger partial charge in [-0.2, -0.15) is 0 Å². The van der Waals surface area contributed by atoms with Crippen LogP contribution in [0.3, 0.4) is 0 Å². The van der Waals surface area contributed by atoms with E-state index in [1.165, 1.54) is 0 Å². The molecule has 1 aliphatic carbocycles. The van der Waals surface area contributed by atoms with Gasteiger partial charge in [0.1, 0.15) is 0 Å². The summed E-state index contributed by atoms with van der Waals surface area (Å²) in [6, 6.07) is 0.421. The fourth-order valence-electron chi connectivity index (χ4n) is 1.80. The molecule has 1 saturated carbocycles. The molecule has 90 valence electrons. The normalized spacial score (nSPS) is 29.2. The lowest BCUT2D eigenvalue weighted by atomic mass is 9.94. The average molecular weight is 229 g/mol. The second kappa shape index (κ2) is 4.56. The van der Waals surface area contributed by atoms with Gasteiger partial charge in [0.15, 0.2) is 8.32 Å². The van der Waals surface area contributed by atoms with Gasteiger partial charge in [0.25, 0.3) is 0 Å². The third-order valence-electron chi connectivity index (χ3n) is 3.99. The molecule has 2 N–H and O–H groups in total. The molecule has 0 heterocycles. The van der Waals surface area contributed by atoms with Gasteiger partial charge < -0.3 is 10.2 Å². The predicted molar refractivity (Wildman–Crippen MR) is 68.5 cm³/mol. The Morgan fingerprint density at radius 2 is 1.53 bits per heavy atom. The first kappa shape index (κ1) is 13.2. The molecule has 1 rings (SSSR count). The Hall–Kier alpha value is 0.137. The van der Waals surface area contributed by atoms with E-state index in [1.54, 1.807) is 0 Å². The first-order chi connectivity index (χ1) is 6.72. The van der Waals surface area contributed by atoms with Crippen molar-refractivity contribution in [2.24, 2.45) is 5.73 Å². The van der Waals surface area contributed by atoms with E-state index in [0.29, 0.717) is 17.2 Å². The zero-order chi connectivity index (χ0) is 11.7. The minimum atomic E-state index is -1.56. The first-order valence-electron chi connectivity index (χ1n) is 6.16. The summed E-state index contributed by atoms with van der Waals surface area (Å²) in [6.07, 6.45) is 5.07. The highest BCUT2D eigenvalue weighted by atomic mass is 28.4. The molecule has 3 heteroatoms. The Labute approximate surface area is 95.7 Å². The van der Waals surface area contributed by atoms with Crippen LogP contribution in [0.5, 0.6) is 0 Å². The molecule has 15 heavy (non-hydrogen) atoms. The van der Waals surface area contributed by atoms with Gasteiger partial charge >= 0.3 is 0 Å². The molecule has 1 aliphatic rings. The standard InChI is InChI=1S/C12H27NOSi/c1-12(2,3)15(4,5)14-11-8-6-10(13)7-9-11/h10-11H,6-9,13H2,1-5H3. The van der Waals surface area contributed by atoms with E-state index in [1.807, 2.05) is 0 Å². The number of nitrogens with two attached hydrogens (primary N) is 1. The Morgan fingerprint density at radius 1 is 1.07 bits per heavy atom. The van der Waals surface area contributed by atoms with Crippen LogP contribution in [0.4, 0.5) is 0 Å². The summed E-state index contributed by atoms with van der Waals surface area (Å²) in [5.41, 5.74) is 5.90. The van der Waals surface area contributed by atoms with E-state index < -0.39 is 8.32 Å². The fraction of sp³-hybridized carbons (Fsp3) is 1.00. The van der Waals surface area contributed by atoms with Crippen molar-refractivity contribution in [2.75, 3.05) is 0 Å². The van der Waals surface area contributed by atoms with Crippen LogP contribution in [-0.4, -0.2) is 20.5 Å². The van der Waals surface area contributed by atoms with Crippen LogP contribution in [0.25, 0.3) is 0 Å². The molecular formula is C12H27NOSi. The summed E-state index contributed by atoms with van der Waals surface area (Å²) in [6.45, 7) is 11.6. The summed E-state index contributed by atoms with van der Waals surface area (Å²) in [4.78, 5) is 0. The first-order valence-corrected chi connectivity index (χ1v) is 9.06. The van der Waals surface area contributed by atoms with E-state index in [9.17, 15) is 0 Å². The van der Waals surface area contributed by atoms with E-state index in [-0.39, 0.29) is 0 Å². The molecule has 0 unspecified atom stereocenters. The number of hydrogen-bond acceptors (Lipinski definition) is 2. The summed E-state index contributed by atoms with van der Waals surface area (Å²) in [7, 11) is -1.56. The minimum absolute atomic E-state index is 0.326. The second-order valence-corrected chi connectivity index (χ2v) is 11.2. The second-order valence-electron chi connectivity index (χ2n) is 6.41. The van der Waals surface area contributed by atoms with Crippen LogP contribution < -0.4 is 5.73 Å². The monoisotopic (exact) mass is 229 g/mol. The smallest absolute Gasteiger partial charge is 0.192 e. The minimum Gasteiger partial charge on any atom is -0.414 e. The van der Waals surface area contributed by atoms with Crippen LogP contribution in [0.2, 0.25) is 18.1 Å². The summed E-state index contributed by atoms with van der Waals surface area (Å²) in [5, 5.41) is 0.326. The van der Waals surface area contributed by atoms with Crippen molar-refractivity contribution < 1.29 is 4.43 Å². The molecular weight excluding hydrogens is 202 g/mol. The van der Waals surface area contributed by atoms with Gasteiger partial charge in [-0.25, -0.2) is 0 Å². The molecule has 0 amide bonds. The highest BCUT2D eigenvalue weighted by molar-refractivity contribution is 6.74. The third-order valence-corrected chi connectivity index (χ3v) is 8.52. The van der Waals surface area contributed by atoms with Crippen LogP contribution in [0.15, 0.2) is 0 Å². The Morgan fingerprint density at radius 3 is 1.93 bits per heavy atom. The van der Waals surface area contributed by atoms with Crippen molar-refractivity contribution in [3.05, 3.63) is 0 Å². The lowest BCUT2D eigenvalue weighted by Crippen LogP contribution is -2.45. The molecule has 2 nitrogen and oxygen atoms in total. The molecule has 0 spiro atoms. The molecule has 0 saturated heterocycles. The van der Waals surface area contributed by atoms with Gasteiger partial charge in [-0.05, 0) is 43.8 Å². The van der Waals surface area contributed by atoms with Crippen molar-refractivity contribution in [2.45, 2.75) is 76.7 Å². The number of rotatable bonds is 2. The van der Waals surface area contributed by atoms with Gasteiger partial charge in [0, 0.05) is 12.1 Å². The van der Waals surface area contributed by atoms with Gasteiger partial charge in [0.05, 0.1) is 0 Å². The molecule has 0 aliphatic heterocycles. The predicted octanol–water partition coefficient (Wildman–Crippen LogP) is 3.28. The molecule has 0 radical (unpaired) electrons. The summed E-state index contributed by atoms with van der Waals surface area (Å²) >= 11 is 0. The van der Waals surface area contributed by atoms with Crippen LogP contribution in [0.1, 0.15) is 46.5 Å². The van der Waals surface area contributed by atoms with E-state index in [0.717, 1.165) is 25.7 Å². The number of hydrogen-bond donors (Lipinski definition) is 1. The molecule has 0 aromatic carbocycles. The molecule has 1 fully saturated rings. The topological polar surface area (TPSA) is 35.2 Å². The van der Waals surface area contributed by atoms with Crippen molar-refractivity contribution in [1.29, 1.82) is 0 Å². The van der Waals surface area contributed by atoms with Crippen molar-refractivity contribution in [3.8, 4) is 0 Å². The average Bonchev–Trinajstić information content (AvgIpc) is 2.06. The highest BCUT2D eigenvalue weighted by Gasteiger charge is 2.39. The largest absolute Gasteiger partial charge is 0.414 e. The quantitative estimate of drug-likeness (QED) is 0.738. The Kier molecular flexibility index (Phi) is 4.01. The van der Waals surface area contributed by atoms with Crippen molar-refractivity contribution in [1.82, 2.24) is 0 Å². The van der Waals surface area contributed by atoms with Gasteiger partial charge in [-0.1, -0.05) is 20.8 Å². The van der Waals surface area contributed by atoms with E-state index in [2.05, 4.69) is 33.9 Å². The fourth-order valence-corrected chi connectivity index (χ4v) is 3.22.